The predicted octanol–water partition coefficient (Wildman–Crippen LogP) is 3.77. The summed E-state index contributed by atoms with van der Waals surface area (Å²) < 4.78 is 19.7. The molecular formula is C20H26FNO2. The van der Waals surface area contributed by atoms with Gasteiger partial charge in [0.2, 0.25) is 0 Å². The van der Waals surface area contributed by atoms with E-state index in [9.17, 15) is 9.50 Å². The fraction of sp³-hybridized carbons (Fsp3) is 0.400. The Morgan fingerprint density at radius 1 is 0.917 bits per heavy atom. The highest BCUT2D eigenvalue weighted by Gasteiger charge is 2.22. The molecule has 0 fully saturated rings. The molecule has 3 atom stereocenters. The van der Waals surface area contributed by atoms with Gasteiger partial charge in [-0.15, -0.1) is 0 Å². The molecule has 1 N–H and O–H groups in total. The fourth-order valence-electron chi connectivity index (χ4n) is 2.66. The van der Waals surface area contributed by atoms with Gasteiger partial charge >= 0.3 is 0 Å². The van der Waals surface area contributed by atoms with Crippen LogP contribution in [0.4, 0.5) is 4.39 Å². The minimum absolute atomic E-state index is 0.248. The lowest BCUT2D eigenvalue weighted by Crippen LogP contribution is -2.37. The average Bonchev–Trinajstić information content (AvgIpc) is 2.56. The van der Waals surface area contributed by atoms with E-state index in [0.29, 0.717) is 13.1 Å². The standard InChI is InChI=1S/C20H26FNO2/c1-16(24-17(2)23)20(21)15-22(13-18-9-5-3-6-10-18)14-19-11-7-4-8-12-19/h3-12,16-17,20,23H,13-15H2,1-2H3. The third-order valence-electron chi connectivity index (χ3n) is 3.85. The van der Waals surface area contributed by atoms with Crippen LogP contribution in [0, 0.1) is 0 Å². The first kappa shape index (κ1) is 18.6. The van der Waals surface area contributed by atoms with Gasteiger partial charge in [0.15, 0.2) is 6.29 Å². The zero-order valence-corrected chi connectivity index (χ0v) is 14.3. The quantitative estimate of drug-likeness (QED) is 0.710. The second kappa shape index (κ2) is 9.52. The molecule has 0 radical (unpaired) electrons. The molecule has 4 heteroatoms. The van der Waals surface area contributed by atoms with Crippen LogP contribution in [0.25, 0.3) is 0 Å². The van der Waals surface area contributed by atoms with Gasteiger partial charge in [-0.1, -0.05) is 60.7 Å². The van der Waals surface area contributed by atoms with Gasteiger partial charge in [0.05, 0.1) is 6.10 Å². The van der Waals surface area contributed by atoms with Crippen LogP contribution in [-0.2, 0) is 17.8 Å². The molecule has 2 aromatic rings. The number of benzene rings is 2. The van der Waals surface area contributed by atoms with E-state index in [1.54, 1.807) is 6.92 Å². The van der Waals surface area contributed by atoms with Crippen molar-refractivity contribution < 1.29 is 14.2 Å². The van der Waals surface area contributed by atoms with Gasteiger partial charge < -0.3 is 9.84 Å². The molecule has 0 amide bonds. The molecule has 3 nitrogen and oxygen atoms in total. The number of aliphatic hydroxyl groups is 1. The topological polar surface area (TPSA) is 32.7 Å². The molecule has 2 rings (SSSR count). The maximum Gasteiger partial charge on any atom is 0.152 e. The maximum atomic E-state index is 14.5. The number of aliphatic hydroxyl groups excluding tert-OH is 1. The largest absolute Gasteiger partial charge is 0.368 e. The van der Waals surface area contributed by atoms with E-state index in [1.807, 2.05) is 60.7 Å². The molecule has 0 saturated carbocycles. The van der Waals surface area contributed by atoms with Crippen molar-refractivity contribution in [3.63, 3.8) is 0 Å². The summed E-state index contributed by atoms with van der Waals surface area (Å²) in [6, 6.07) is 20.1. The lowest BCUT2D eigenvalue weighted by atomic mass is 10.1. The van der Waals surface area contributed by atoms with Gasteiger partial charge in [-0.25, -0.2) is 4.39 Å². The van der Waals surface area contributed by atoms with Crippen molar-refractivity contribution >= 4 is 0 Å². The summed E-state index contributed by atoms with van der Waals surface area (Å²) in [5.74, 6) is 0. The molecule has 2 aromatic carbocycles. The highest BCUT2D eigenvalue weighted by atomic mass is 19.1. The van der Waals surface area contributed by atoms with Crippen molar-refractivity contribution in [1.82, 2.24) is 4.90 Å². The van der Waals surface area contributed by atoms with Gasteiger partial charge in [-0.05, 0) is 25.0 Å². The maximum absolute atomic E-state index is 14.5. The molecule has 130 valence electrons. The van der Waals surface area contributed by atoms with Crippen LogP contribution < -0.4 is 0 Å². The lowest BCUT2D eigenvalue weighted by Gasteiger charge is -2.27. The summed E-state index contributed by atoms with van der Waals surface area (Å²) in [6.07, 6.45) is -2.79. The average molecular weight is 331 g/mol. The number of halogens is 1. The molecule has 0 bridgehead atoms. The molecule has 0 aliphatic carbocycles. The third-order valence-corrected chi connectivity index (χ3v) is 3.85. The lowest BCUT2D eigenvalue weighted by molar-refractivity contribution is -0.139. The van der Waals surface area contributed by atoms with E-state index >= 15 is 0 Å². The predicted molar refractivity (Wildman–Crippen MR) is 94.1 cm³/mol. The minimum atomic E-state index is -1.17. The highest BCUT2D eigenvalue weighted by Crippen LogP contribution is 2.14. The molecule has 0 aliphatic heterocycles. The van der Waals surface area contributed by atoms with Crippen molar-refractivity contribution in [2.24, 2.45) is 0 Å². The Hall–Kier alpha value is -1.75. The number of nitrogens with zero attached hydrogens (tertiary/aromatic N) is 1. The summed E-state index contributed by atoms with van der Waals surface area (Å²) >= 11 is 0. The second-order valence-corrected chi connectivity index (χ2v) is 6.10. The van der Waals surface area contributed by atoms with Crippen molar-refractivity contribution in [3.05, 3.63) is 71.8 Å². The van der Waals surface area contributed by atoms with Crippen LogP contribution >= 0.6 is 0 Å². The van der Waals surface area contributed by atoms with Gasteiger partial charge in [-0.2, -0.15) is 0 Å². The second-order valence-electron chi connectivity index (χ2n) is 6.10. The van der Waals surface area contributed by atoms with E-state index in [1.165, 1.54) is 6.92 Å². The van der Waals surface area contributed by atoms with Crippen LogP contribution in [0.3, 0.4) is 0 Å². The Morgan fingerprint density at radius 3 is 1.79 bits per heavy atom. The van der Waals surface area contributed by atoms with Gasteiger partial charge in [-0.3, -0.25) is 4.90 Å². The van der Waals surface area contributed by atoms with Crippen LogP contribution in [0.15, 0.2) is 60.7 Å². The molecule has 24 heavy (non-hydrogen) atoms. The fourth-order valence-corrected chi connectivity index (χ4v) is 2.66. The number of hydrogen-bond donors (Lipinski definition) is 1. The number of alkyl halides is 1. The van der Waals surface area contributed by atoms with Crippen molar-refractivity contribution in [2.45, 2.75) is 45.5 Å². The molecule has 0 heterocycles. The Kier molecular flexibility index (Phi) is 7.37. The van der Waals surface area contributed by atoms with Gasteiger partial charge in [0.25, 0.3) is 0 Å². The normalized spacial score (nSPS) is 15.2. The number of rotatable bonds is 9. The Morgan fingerprint density at radius 2 is 1.38 bits per heavy atom. The summed E-state index contributed by atoms with van der Waals surface area (Å²) in [7, 11) is 0. The van der Waals surface area contributed by atoms with E-state index in [4.69, 9.17) is 4.74 Å². The number of ether oxygens (including phenoxy) is 1. The monoisotopic (exact) mass is 331 g/mol. The minimum Gasteiger partial charge on any atom is -0.368 e. The van der Waals surface area contributed by atoms with Crippen LogP contribution in [-0.4, -0.2) is 35.1 Å². The zero-order chi connectivity index (χ0) is 17.4. The molecule has 0 spiro atoms. The first-order chi connectivity index (χ1) is 11.5. The molecule has 0 saturated heterocycles. The van der Waals surface area contributed by atoms with E-state index < -0.39 is 18.6 Å². The van der Waals surface area contributed by atoms with E-state index in [-0.39, 0.29) is 6.54 Å². The Labute approximate surface area is 143 Å². The van der Waals surface area contributed by atoms with Crippen LogP contribution in [0.2, 0.25) is 0 Å². The van der Waals surface area contributed by atoms with E-state index in [0.717, 1.165) is 11.1 Å². The Bertz CT molecular complexity index is 535. The third kappa shape index (κ3) is 6.40. The van der Waals surface area contributed by atoms with Crippen LogP contribution in [0.1, 0.15) is 25.0 Å². The van der Waals surface area contributed by atoms with Crippen molar-refractivity contribution in [1.29, 1.82) is 0 Å². The molecule has 3 unspecified atom stereocenters. The summed E-state index contributed by atoms with van der Waals surface area (Å²) in [5, 5.41) is 9.27. The van der Waals surface area contributed by atoms with Crippen LogP contribution in [0.5, 0.6) is 0 Å². The van der Waals surface area contributed by atoms with Crippen molar-refractivity contribution in [2.75, 3.05) is 6.54 Å². The number of hydrogen-bond acceptors (Lipinski definition) is 3. The molecular weight excluding hydrogens is 305 g/mol. The van der Waals surface area contributed by atoms with E-state index in [2.05, 4.69) is 4.90 Å². The van der Waals surface area contributed by atoms with Gasteiger partial charge in [0.1, 0.15) is 6.17 Å². The summed E-state index contributed by atoms with van der Waals surface area (Å²) in [6.45, 7) is 4.72. The van der Waals surface area contributed by atoms with Gasteiger partial charge in [0, 0.05) is 19.6 Å². The Balaban J connectivity index is 2.04. The molecule has 0 aliphatic rings. The zero-order valence-electron chi connectivity index (χ0n) is 14.3. The molecule has 0 aromatic heterocycles. The van der Waals surface area contributed by atoms with Crippen molar-refractivity contribution in [3.8, 4) is 0 Å². The SMILES string of the molecule is CC(O)OC(C)C(F)CN(Cc1ccccc1)Cc1ccccc1. The summed E-state index contributed by atoms with van der Waals surface area (Å²) in [5.41, 5.74) is 2.29. The highest BCUT2D eigenvalue weighted by molar-refractivity contribution is 5.17. The first-order valence-electron chi connectivity index (χ1n) is 8.32. The summed E-state index contributed by atoms with van der Waals surface area (Å²) in [4.78, 5) is 2.07. The first-order valence-corrected chi connectivity index (χ1v) is 8.32. The smallest absolute Gasteiger partial charge is 0.152 e.